The lowest BCUT2D eigenvalue weighted by Crippen LogP contribution is -2.37. The fourth-order valence-corrected chi connectivity index (χ4v) is 3.55. The molecule has 1 N–H and O–H groups in total. The van der Waals surface area contributed by atoms with Crippen LogP contribution in [0.1, 0.15) is 50.9 Å². The van der Waals surface area contributed by atoms with Crippen LogP contribution in [0.5, 0.6) is 0 Å². The number of anilines is 1. The Labute approximate surface area is 202 Å². The molecule has 0 saturated carbocycles. The van der Waals surface area contributed by atoms with Crippen molar-refractivity contribution >= 4 is 23.7 Å². The quantitative estimate of drug-likeness (QED) is 0.462. The number of carbonyl (C=O) groups is 2. The van der Waals surface area contributed by atoms with E-state index in [2.05, 4.69) is 26.1 Å². The van der Waals surface area contributed by atoms with Gasteiger partial charge in [0.05, 0.1) is 11.4 Å². The molecule has 0 unspecified atom stereocenters. The molecule has 0 fully saturated rings. The second-order valence-corrected chi connectivity index (χ2v) is 9.42. The maximum atomic E-state index is 13.0. The van der Waals surface area contributed by atoms with Crippen LogP contribution in [0.15, 0.2) is 66.7 Å². The van der Waals surface area contributed by atoms with Gasteiger partial charge in [-0.1, -0.05) is 76.2 Å². The third-order valence-corrected chi connectivity index (χ3v) is 5.45. The molecule has 3 aromatic rings. The molecule has 178 valence electrons. The maximum Gasteiger partial charge on any atom is 0.247 e. The lowest BCUT2D eigenvalue weighted by Gasteiger charge is -2.20. The molecule has 0 bridgehead atoms. The zero-order valence-corrected chi connectivity index (χ0v) is 20.7. The van der Waals surface area contributed by atoms with Gasteiger partial charge in [0.2, 0.25) is 11.8 Å². The minimum atomic E-state index is -0.259. The average molecular weight is 459 g/mol. The first-order valence-electron chi connectivity index (χ1n) is 11.7. The molecular formula is C28H34N4O2. The summed E-state index contributed by atoms with van der Waals surface area (Å²) in [5.41, 5.74) is 3.59. The maximum absolute atomic E-state index is 13.0. The van der Waals surface area contributed by atoms with Gasteiger partial charge in [0.15, 0.2) is 0 Å². The van der Waals surface area contributed by atoms with Gasteiger partial charge >= 0.3 is 0 Å². The zero-order chi connectivity index (χ0) is 24.7. The summed E-state index contributed by atoms with van der Waals surface area (Å²) >= 11 is 0. The Hall–Kier alpha value is -3.67. The van der Waals surface area contributed by atoms with Crippen molar-refractivity contribution in [2.45, 2.75) is 46.5 Å². The molecule has 0 aliphatic heterocycles. The van der Waals surface area contributed by atoms with Gasteiger partial charge in [0.25, 0.3) is 0 Å². The van der Waals surface area contributed by atoms with Crippen molar-refractivity contribution in [3.8, 4) is 5.69 Å². The highest BCUT2D eigenvalue weighted by molar-refractivity contribution is 5.97. The summed E-state index contributed by atoms with van der Waals surface area (Å²) in [5.74, 6) is 0.140. The molecule has 0 aliphatic rings. The summed E-state index contributed by atoms with van der Waals surface area (Å²) in [4.78, 5) is 27.4. The van der Waals surface area contributed by atoms with E-state index in [9.17, 15) is 9.59 Å². The van der Waals surface area contributed by atoms with E-state index in [0.717, 1.165) is 28.9 Å². The fraction of sp³-hybridized carbons (Fsp3) is 0.321. The number of amides is 2. The number of nitrogens with zero attached hydrogens (tertiary/aromatic N) is 3. The molecule has 0 radical (unpaired) electrons. The molecule has 1 heterocycles. The van der Waals surface area contributed by atoms with E-state index in [1.54, 1.807) is 15.7 Å². The van der Waals surface area contributed by atoms with Gasteiger partial charge in [0.1, 0.15) is 12.4 Å². The van der Waals surface area contributed by atoms with Crippen LogP contribution in [0.4, 0.5) is 5.82 Å². The van der Waals surface area contributed by atoms with Gasteiger partial charge in [0, 0.05) is 24.1 Å². The largest absolute Gasteiger partial charge is 0.330 e. The molecule has 1 aromatic heterocycles. The van der Waals surface area contributed by atoms with Crippen molar-refractivity contribution in [2.75, 3.05) is 18.4 Å². The number of benzene rings is 2. The molecule has 2 aromatic carbocycles. The number of hydrogen-bond acceptors (Lipinski definition) is 3. The normalized spacial score (nSPS) is 11.6. The molecule has 6 heteroatoms. The van der Waals surface area contributed by atoms with Gasteiger partial charge in [-0.3, -0.25) is 9.59 Å². The van der Waals surface area contributed by atoms with E-state index in [0.29, 0.717) is 12.4 Å². The number of nitrogens with one attached hydrogen (secondary N) is 1. The Morgan fingerprint density at radius 3 is 2.38 bits per heavy atom. The van der Waals surface area contributed by atoms with Crippen LogP contribution in [0.3, 0.4) is 0 Å². The number of hydrogen-bond donors (Lipinski definition) is 1. The predicted octanol–water partition coefficient (Wildman–Crippen LogP) is 5.37. The summed E-state index contributed by atoms with van der Waals surface area (Å²) in [6, 6.07) is 19.5. The van der Waals surface area contributed by atoms with Crippen molar-refractivity contribution in [1.82, 2.24) is 14.7 Å². The summed E-state index contributed by atoms with van der Waals surface area (Å²) in [6.07, 6.45) is 4.05. The van der Waals surface area contributed by atoms with Gasteiger partial charge in [-0.05, 0) is 36.6 Å². The van der Waals surface area contributed by atoms with Crippen LogP contribution in [0.2, 0.25) is 0 Å². The minimum absolute atomic E-state index is 0.0321. The highest BCUT2D eigenvalue weighted by Crippen LogP contribution is 2.27. The fourth-order valence-electron chi connectivity index (χ4n) is 3.55. The molecule has 6 nitrogen and oxygen atoms in total. The molecule has 3 rings (SSSR count). The standard InChI is InChI=1S/C28H34N4O2/c1-6-18-31(27(34)17-16-22-13-8-7-9-14-22)20-26(33)29-25-19-24(28(3,4)5)30-32(25)23-15-11-10-12-21(23)2/h7-17,19H,6,18,20H2,1-5H3,(H,29,33)/b17-16+. The summed E-state index contributed by atoms with van der Waals surface area (Å²) < 4.78 is 1.77. The summed E-state index contributed by atoms with van der Waals surface area (Å²) in [7, 11) is 0. The van der Waals surface area contributed by atoms with Crippen molar-refractivity contribution in [3.05, 3.63) is 83.6 Å². The van der Waals surface area contributed by atoms with Crippen LogP contribution < -0.4 is 5.32 Å². The first kappa shape index (κ1) is 25.0. The van der Waals surface area contributed by atoms with Crippen molar-refractivity contribution in [1.29, 1.82) is 0 Å². The third-order valence-electron chi connectivity index (χ3n) is 5.45. The van der Waals surface area contributed by atoms with Crippen LogP contribution in [0, 0.1) is 6.92 Å². The van der Waals surface area contributed by atoms with Crippen LogP contribution in [-0.4, -0.2) is 39.6 Å². The molecular weight excluding hydrogens is 424 g/mol. The third kappa shape index (κ3) is 6.44. The lowest BCUT2D eigenvalue weighted by molar-refractivity contribution is -0.130. The van der Waals surface area contributed by atoms with E-state index in [-0.39, 0.29) is 23.8 Å². The monoisotopic (exact) mass is 458 g/mol. The van der Waals surface area contributed by atoms with E-state index >= 15 is 0 Å². The number of aromatic nitrogens is 2. The van der Waals surface area contributed by atoms with E-state index in [1.807, 2.05) is 74.5 Å². The predicted molar refractivity (Wildman–Crippen MR) is 138 cm³/mol. The molecule has 2 amide bonds. The molecule has 34 heavy (non-hydrogen) atoms. The molecule has 0 saturated heterocycles. The topological polar surface area (TPSA) is 67.2 Å². The second kappa shape index (κ2) is 11.0. The number of carbonyl (C=O) groups excluding carboxylic acids is 2. The Kier molecular flexibility index (Phi) is 8.05. The first-order valence-corrected chi connectivity index (χ1v) is 11.7. The van der Waals surface area contributed by atoms with E-state index in [1.165, 1.54) is 6.08 Å². The average Bonchev–Trinajstić information content (AvgIpc) is 3.22. The Bertz CT molecular complexity index is 1160. The highest BCUT2D eigenvalue weighted by atomic mass is 16.2. The molecule has 0 atom stereocenters. The number of aryl methyl sites for hydroxylation is 1. The van der Waals surface area contributed by atoms with Crippen molar-refractivity contribution in [2.24, 2.45) is 0 Å². The van der Waals surface area contributed by atoms with Crippen LogP contribution >= 0.6 is 0 Å². The first-order chi connectivity index (χ1) is 16.2. The van der Waals surface area contributed by atoms with Crippen LogP contribution in [0.25, 0.3) is 11.8 Å². The van der Waals surface area contributed by atoms with Crippen LogP contribution in [-0.2, 0) is 15.0 Å². The smallest absolute Gasteiger partial charge is 0.247 e. The minimum Gasteiger partial charge on any atom is -0.330 e. The second-order valence-electron chi connectivity index (χ2n) is 9.42. The Balaban J connectivity index is 1.80. The van der Waals surface area contributed by atoms with Gasteiger partial charge in [-0.2, -0.15) is 5.10 Å². The highest BCUT2D eigenvalue weighted by Gasteiger charge is 2.23. The zero-order valence-electron chi connectivity index (χ0n) is 20.7. The van der Waals surface area contributed by atoms with E-state index < -0.39 is 0 Å². The Morgan fingerprint density at radius 1 is 1.06 bits per heavy atom. The Morgan fingerprint density at radius 2 is 1.74 bits per heavy atom. The van der Waals surface area contributed by atoms with Gasteiger partial charge < -0.3 is 10.2 Å². The molecule has 0 spiro atoms. The van der Waals surface area contributed by atoms with Gasteiger partial charge in [-0.15, -0.1) is 0 Å². The van der Waals surface area contributed by atoms with Crippen molar-refractivity contribution in [3.63, 3.8) is 0 Å². The van der Waals surface area contributed by atoms with Crippen molar-refractivity contribution < 1.29 is 9.59 Å². The lowest BCUT2D eigenvalue weighted by atomic mass is 9.92. The summed E-state index contributed by atoms with van der Waals surface area (Å²) in [5, 5.41) is 7.78. The number of para-hydroxylation sites is 1. The SMILES string of the molecule is CCCN(CC(=O)Nc1cc(C(C)(C)C)nn1-c1ccccc1C)C(=O)/C=C/c1ccccc1. The number of rotatable bonds is 8. The van der Waals surface area contributed by atoms with Gasteiger partial charge in [-0.25, -0.2) is 4.68 Å². The molecule has 0 aliphatic carbocycles. The van der Waals surface area contributed by atoms with E-state index in [4.69, 9.17) is 5.10 Å². The summed E-state index contributed by atoms with van der Waals surface area (Å²) in [6.45, 7) is 10.7.